The SMILES string of the molecule is COCOC[C@@H](OC(N)=O)c1ccccc1Cl. The topological polar surface area (TPSA) is 70.8 Å². The summed E-state index contributed by atoms with van der Waals surface area (Å²) in [6.45, 7) is 0.226. The van der Waals surface area contributed by atoms with Crippen LogP contribution in [0.5, 0.6) is 0 Å². The van der Waals surface area contributed by atoms with E-state index in [0.29, 0.717) is 10.6 Å². The summed E-state index contributed by atoms with van der Waals surface area (Å²) < 4.78 is 14.8. The summed E-state index contributed by atoms with van der Waals surface area (Å²) in [7, 11) is 1.50. The number of rotatable bonds is 6. The predicted octanol–water partition coefficient (Wildman–Crippen LogP) is 2.10. The van der Waals surface area contributed by atoms with Crippen molar-refractivity contribution in [2.75, 3.05) is 20.5 Å². The third-order valence-electron chi connectivity index (χ3n) is 1.98. The fourth-order valence-electron chi connectivity index (χ4n) is 1.30. The molecule has 0 aliphatic heterocycles. The van der Waals surface area contributed by atoms with E-state index < -0.39 is 12.2 Å². The number of hydrogen-bond acceptors (Lipinski definition) is 4. The Morgan fingerprint density at radius 2 is 2.18 bits per heavy atom. The van der Waals surface area contributed by atoms with Gasteiger partial charge in [-0.05, 0) is 6.07 Å². The standard InChI is InChI=1S/C11H14ClNO4/c1-15-7-16-6-10(17-11(13)14)8-4-2-3-5-9(8)12/h2-5,10H,6-7H2,1H3,(H2,13,14)/t10-/m1/s1. The zero-order valence-electron chi connectivity index (χ0n) is 9.39. The summed E-state index contributed by atoms with van der Waals surface area (Å²) >= 11 is 6.00. The first kappa shape index (κ1) is 13.8. The molecule has 0 radical (unpaired) electrons. The summed E-state index contributed by atoms with van der Waals surface area (Å²) in [5, 5.41) is 0.486. The van der Waals surface area contributed by atoms with Crippen molar-refractivity contribution < 1.29 is 19.0 Å². The number of methoxy groups -OCH3 is 1. The average Bonchev–Trinajstić information content (AvgIpc) is 2.28. The number of primary amides is 1. The van der Waals surface area contributed by atoms with Crippen molar-refractivity contribution in [3.8, 4) is 0 Å². The van der Waals surface area contributed by atoms with Crippen LogP contribution in [0.3, 0.4) is 0 Å². The molecule has 0 saturated carbocycles. The Morgan fingerprint density at radius 1 is 1.47 bits per heavy atom. The zero-order valence-corrected chi connectivity index (χ0v) is 10.1. The van der Waals surface area contributed by atoms with Crippen LogP contribution >= 0.6 is 11.6 Å². The number of nitrogens with two attached hydrogens (primary N) is 1. The molecule has 0 saturated heterocycles. The van der Waals surface area contributed by atoms with Crippen molar-refractivity contribution in [1.29, 1.82) is 0 Å². The molecule has 1 aromatic carbocycles. The molecule has 2 N–H and O–H groups in total. The van der Waals surface area contributed by atoms with Crippen LogP contribution in [0.4, 0.5) is 4.79 Å². The lowest BCUT2D eigenvalue weighted by atomic mass is 10.1. The lowest BCUT2D eigenvalue weighted by Gasteiger charge is -2.18. The lowest BCUT2D eigenvalue weighted by molar-refractivity contribution is -0.0639. The molecule has 17 heavy (non-hydrogen) atoms. The minimum absolute atomic E-state index is 0.100. The van der Waals surface area contributed by atoms with E-state index in [1.54, 1.807) is 24.3 Å². The molecule has 0 aliphatic rings. The fourth-order valence-corrected chi connectivity index (χ4v) is 1.56. The van der Waals surface area contributed by atoms with Gasteiger partial charge in [0.25, 0.3) is 0 Å². The van der Waals surface area contributed by atoms with Gasteiger partial charge in [-0.3, -0.25) is 0 Å². The van der Waals surface area contributed by atoms with Gasteiger partial charge in [-0.15, -0.1) is 0 Å². The van der Waals surface area contributed by atoms with Gasteiger partial charge in [-0.1, -0.05) is 29.8 Å². The third-order valence-corrected chi connectivity index (χ3v) is 2.33. The highest BCUT2D eigenvalue weighted by atomic mass is 35.5. The van der Waals surface area contributed by atoms with Crippen molar-refractivity contribution in [3.05, 3.63) is 34.9 Å². The predicted molar refractivity (Wildman–Crippen MR) is 62.7 cm³/mol. The summed E-state index contributed by atoms with van der Waals surface area (Å²) in [5.74, 6) is 0. The smallest absolute Gasteiger partial charge is 0.405 e. The van der Waals surface area contributed by atoms with E-state index in [9.17, 15) is 4.79 Å². The molecule has 0 aromatic heterocycles. The van der Waals surface area contributed by atoms with Gasteiger partial charge in [0.1, 0.15) is 6.79 Å². The monoisotopic (exact) mass is 259 g/mol. The van der Waals surface area contributed by atoms with Crippen molar-refractivity contribution in [2.45, 2.75) is 6.10 Å². The van der Waals surface area contributed by atoms with Gasteiger partial charge in [0, 0.05) is 17.7 Å². The van der Waals surface area contributed by atoms with Crippen LogP contribution in [-0.2, 0) is 14.2 Å². The highest BCUT2D eigenvalue weighted by molar-refractivity contribution is 6.31. The second-order valence-electron chi connectivity index (χ2n) is 3.22. The van der Waals surface area contributed by atoms with Gasteiger partial charge in [0.2, 0.25) is 0 Å². The molecule has 0 spiro atoms. The molecule has 1 aromatic rings. The second-order valence-corrected chi connectivity index (χ2v) is 3.63. The Labute approximate surface area is 104 Å². The Bertz CT molecular complexity index is 372. The van der Waals surface area contributed by atoms with E-state index in [0.717, 1.165) is 0 Å². The number of carbonyl (C=O) groups is 1. The highest BCUT2D eigenvalue weighted by Gasteiger charge is 2.18. The number of benzene rings is 1. The number of halogens is 1. The van der Waals surface area contributed by atoms with Gasteiger partial charge in [0.15, 0.2) is 6.10 Å². The van der Waals surface area contributed by atoms with Crippen molar-refractivity contribution in [2.24, 2.45) is 5.73 Å². The summed E-state index contributed by atoms with van der Waals surface area (Å²) in [5.41, 5.74) is 5.64. The maximum absolute atomic E-state index is 10.8. The lowest BCUT2D eigenvalue weighted by Crippen LogP contribution is -2.21. The van der Waals surface area contributed by atoms with Crippen LogP contribution in [0, 0.1) is 0 Å². The van der Waals surface area contributed by atoms with Crippen LogP contribution in [-0.4, -0.2) is 26.6 Å². The minimum Gasteiger partial charge on any atom is -0.439 e. The first-order valence-corrected chi connectivity index (χ1v) is 5.30. The second kappa shape index (κ2) is 7.11. The van der Waals surface area contributed by atoms with Crippen LogP contribution < -0.4 is 5.73 Å². The first-order chi connectivity index (χ1) is 8.15. The Balaban J connectivity index is 2.75. The Kier molecular flexibility index (Phi) is 5.76. The molecular weight excluding hydrogens is 246 g/mol. The molecule has 0 fully saturated rings. The zero-order chi connectivity index (χ0) is 12.7. The molecule has 1 amide bonds. The molecule has 6 heteroatoms. The number of amides is 1. The van der Waals surface area contributed by atoms with E-state index >= 15 is 0 Å². The fraction of sp³-hybridized carbons (Fsp3) is 0.364. The molecule has 0 heterocycles. The van der Waals surface area contributed by atoms with E-state index in [2.05, 4.69) is 0 Å². The highest BCUT2D eigenvalue weighted by Crippen LogP contribution is 2.25. The maximum atomic E-state index is 10.8. The molecule has 1 atom stereocenters. The van der Waals surface area contributed by atoms with Gasteiger partial charge in [0.05, 0.1) is 6.61 Å². The van der Waals surface area contributed by atoms with Gasteiger partial charge < -0.3 is 19.9 Å². The number of carbonyl (C=O) groups excluding carboxylic acids is 1. The molecule has 94 valence electrons. The van der Waals surface area contributed by atoms with Crippen LogP contribution in [0.2, 0.25) is 5.02 Å². The van der Waals surface area contributed by atoms with Gasteiger partial charge in [-0.25, -0.2) is 4.79 Å². The van der Waals surface area contributed by atoms with Gasteiger partial charge in [-0.2, -0.15) is 0 Å². The van der Waals surface area contributed by atoms with E-state index in [-0.39, 0.29) is 13.4 Å². The van der Waals surface area contributed by atoms with Crippen LogP contribution in [0.15, 0.2) is 24.3 Å². The van der Waals surface area contributed by atoms with Crippen molar-refractivity contribution in [3.63, 3.8) is 0 Å². The largest absolute Gasteiger partial charge is 0.439 e. The van der Waals surface area contributed by atoms with Crippen molar-refractivity contribution >= 4 is 17.7 Å². The summed E-state index contributed by atoms with van der Waals surface area (Å²) in [4.78, 5) is 10.8. The Morgan fingerprint density at radius 3 is 2.76 bits per heavy atom. The molecule has 5 nitrogen and oxygen atoms in total. The Hall–Kier alpha value is -1.30. The van der Waals surface area contributed by atoms with Crippen molar-refractivity contribution in [1.82, 2.24) is 0 Å². The van der Waals surface area contributed by atoms with Crippen LogP contribution in [0.1, 0.15) is 11.7 Å². The molecule has 0 bridgehead atoms. The molecule has 0 unspecified atom stereocenters. The van der Waals surface area contributed by atoms with E-state index in [1.807, 2.05) is 0 Å². The number of ether oxygens (including phenoxy) is 3. The number of hydrogen-bond donors (Lipinski definition) is 1. The molecule has 0 aliphatic carbocycles. The normalized spacial score (nSPS) is 12.1. The maximum Gasteiger partial charge on any atom is 0.405 e. The minimum atomic E-state index is -0.879. The summed E-state index contributed by atoms with van der Waals surface area (Å²) in [6.07, 6.45) is -1.52. The average molecular weight is 260 g/mol. The quantitative estimate of drug-likeness (QED) is 0.627. The summed E-state index contributed by atoms with van der Waals surface area (Å²) in [6, 6.07) is 7.01. The van der Waals surface area contributed by atoms with Gasteiger partial charge >= 0.3 is 6.09 Å². The van der Waals surface area contributed by atoms with E-state index in [4.69, 9.17) is 31.5 Å². The third kappa shape index (κ3) is 4.60. The molecular formula is C11H14ClNO4. The van der Waals surface area contributed by atoms with Crippen LogP contribution in [0.25, 0.3) is 0 Å². The molecule has 1 rings (SSSR count). The van der Waals surface area contributed by atoms with E-state index in [1.165, 1.54) is 7.11 Å². The first-order valence-electron chi connectivity index (χ1n) is 4.92.